The number of hydrogen-bond donors (Lipinski definition) is 1. The van der Waals surface area contributed by atoms with E-state index in [1.54, 1.807) is 0 Å². The average Bonchev–Trinajstić information content (AvgIpc) is 2.76. The van der Waals surface area contributed by atoms with Gasteiger partial charge in [-0.2, -0.15) is 0 Å². The monoisotopic (exact) mass is 226 g/mol. The van der Waals surface area contributed by atoms with Gasteiger partial charge in [0.25, 0.3) is 0 Å². The minimum atomic E-state index is 1.01. The summed E-state index contributed by atoms with van der Waals surface area (Å²) in [5, 5.41) is 3.38. The first-order chi connectivity index (χ1) is 7.83. The van der Waals surface area contributed by atoms with E-state index in [0.717, 1.165) is 12.5 Å². The Bertz CT molecular complexity index is 153. The van der Waals surface area contributed by atoms with Crippen molar-refractivity contribution in [3.63, 3.8) is 0 Å². The molecular weight excluding hydrogens is 196 g/mol. The number of nitrogens with one attached hydrogen (secondary N) is 1. The molecule has 0 unspecified atom stereocenters. The summed E-state index contributed by atoms with van der Waals surface area (Å²) in [4.78, 5) is 2.54. The van der Waals surface area contributed by atoms with E-state index in [2.05, 4.69) is 24.2 Å². The minimum Gasteiger partial charge on any atom is -0.317 e. The first-order valence-electron chi connectivity index (χ1n) is 7.22. The van der Waals surface area contributed by atoms with Crippen LogP contribution in [0.4, 0.5) is 0 Å². The molecule has 0 saturated heterocycles. The lowest BCUT2D eigenvalue weighted by Gasteiger charge is -2.20. The van der Waals surface area contributed by atoms with Crippen LogP contribution in [0.2, 0.25) is 0 Å². The van der Waals surface area contributed by atoms with E-state index in [1.165, 1.54) is 64.6 Å². The van der Waals surface area contributed by atoms with Crippen LogP contribution in [-0.2, 0) is 0 Å². The van der Waals surface area contributed by atoms with Gasteiger partial charge >= 0.3 is 0 Å². The maximum Gasteiger partial charge on any atom is 0.000661 e. The number of hydrogen-bond acceptors (Lipinski definition) is 2. The third-order valence-corrected chi connectivity index (χ3v) is 3.69. The molecule has 0 atom stereocenters. The molecule has 16 heavy (non-hydrogen) atoms. The Morgan fingerprint density at radius 2 is 1.88 bits per heavy atom. The van der Waals surface area contributed by atoms with Crippen molar-refractivity contribution in [3.05, 3.63) is 0 Å². The summed E-state index contributed by atoms with van der Waals surface area (Å²) in [5.41, 5.74) is 0. The molecule has 1 aliphatic rings. The van der Waals surface area contributed by atoms with Crippen LogP contribution < -0.4 is 5.32 Å². The van der Waals surface area contributed by atoms with Crippen molar-refractivity contribution in [1.29, 1.82) is 0 Å². The molecule has 2 nitrogen and oxygen atoms in total. The van der Waals surface area contributed by atoms with Crippen LogP contribution in [0.1, 0.15) is 51.9 Å². The second-order valence-corrected chi connectivity index (χ2v) is 5.33. The Morgan fingerprint density at radius 3 is 2.56 bits per heavy atom. The third kappa shape index (κ3) is 6.49. The fourth-order valence-corrected chi connectivity index (χ4v) is 2.71. The molecule has 96 valence electrons. The molecule has 1 rings (SSSR count). The van der Waals surface area contributed by atoms with Crippen LogP contribution in [0.5, 0.6) is 0 Å². The highest BCUT2D eigenvalue weighted by atomic mass is 15.1. The van der Waals surface area contributed by atoms with Crippen molar-refractivity contribution >= 4 is 0 Å². The van der Waals surface area contributed by atoms with Gasteiger partial charge in [0.05, 0.1) is 0 Å². The zero-order chi connectivity index (χ0) is 11.6. The van der Waals surface area contributed by atoms with Crippen molar-refractivity contribution in [2.24, 2.45) is 5.92 Å². The lowest BCUT2D eigenvalue weighted by Crippen LogP contribution is -2.25. The Hall–Kier alpha value is -0.0800. The van der Waals surface area contributed by atoms with E-state index in [4.69, 9.17) is 0 Å². The summed E-state index contributed by atoms with van der Waals surface area (Å²) < 4.78 is 0. The van der Waals surface area contributed by atoms with Crippen LogP contribution >= 0.6 is 0 Å². The Kier molecular flexibility index (Phi) is 7.87. The maximum atomic E-state index is 3.38. The molecule has 1 saturated carbocycles. The standard InChI is InChI=1S/C14H30N2/c1-3-15-11-7-4-8-12-16(2)13-14-9-5-6-10-14/h14-15H,3-13H2,1-2H3. The second-order valence-electron chi connectivity index (χ2n) is 5.33. The molecule has 0 bridgehead atoms. The van der Waals surface area contributed by atoms with Crippen LogP contribution in [0.3, 0.4) is 0 Å². The first kappa shape index (κ1) is 14.0. The van der Waals surface area contributed by atoms with Gasteiger partial charge in [0.1, 0.15) is 0 Å². The van der Waals surface area contributed by atoms with Gasteiger partial charge < -0.3 is 10.2 Å². The SMILES string of the molecule is CCNCCCCCN(C)CC1CCCC1. The van der Waals surface area contributed by atoms with E-state index in [9.17, 15) is 0 Å². The lowest BCUT2D eigenvalue weighted by molar-refractivity contribution is 0.272. The summed E-state index contributed by atoms with van der Waals surface area (Å²) in [5.74, 6) is 1.01. The molecule has 0 aromatic heterocycles. The van der Waals surface area contributed by atoms with Crippen LogP contribution in [0, 0.1) is 5.92 Å². The third-order valence-electron chi connectivity index (χ3n) is 3.69. The Balaban J connectivity index is 1.87. The summed E-state index contributed by atoms with van der Waals surface area (Å²) in [6, 6.07) is 0. The molecule has 0 spiro atoms. The van der Waals surface area contributed by atoms with Gasteiger partial charge in [0, 0.05) is 6.54 Å². The number of nitrogens with zero attached hydrogens (tertiary/aromatic N) is 1. The first-order valence-corrected chi connectivity index (χ1v) is 7.22. The molecule has 1 aliphatic carbocycles. The average molecular weight is 226 g/mol. The smallest absolute Gasteiger partial charge is 0.000661 e. The molecule has 0 radical (unpaired) electrons. The van der Waals surface area contributed by atoms with Crippen molar-refractivity contribution in [2.45, 2.75) is 51.9 Å². The molecule has 2 heteroatoms. The molecule has 0 aromatic rings. The predicted molar refractivity (Wildman–Crippen MR) is 71.8 cm³/mol. The number of unbranched alkanes of at least 4 members (excludes halogenated alkanes) is 2. The van der Waals surface area contributed by atoms with Gasteiger partial charge in [0.15, 0.2) is 0 Å². The van der Waals surface area contributed by atoms with Gasteiger partial charge in [-0.1, -0.05) is 26.2 Å². The minimum absolute atomic E-state index is 1.01. The van der Waals surface area contributed by atoms with Gasteiger partial charge in [-0.3, -0.25) is 0 Å². The molecule has 1 N–H and O–H groups in total. The fourth-order valence-electron chi connectivity index (χ4n) is 2.71. The lowest BCUT2D eigenvalue weighted by atomic mass is 10.1. The summed E-state index contributed by atoms with van der Waals surface area (Å²) in [7, 11) is 2.29. The topological polar surface area (TPSA) is 15.3 Å². The second kappa shape index (κ2) is 9.00. The molecule has 0 aromatic carbocycles. The van der Waals surface area contributed by atoms with Crippen molar-refractivity contribution in [1.82, 2.24) is 10.2 Å². The summed E-state index contributed by atoms with van der Waals surface area (Å²) in [6.45, 7) is 7.12. The normalized spacial score (nSPS) is 17.4. The van der Waals surface area contributed by atoms with Gasteiger partial charge in [-0.25, -0.2) is 0 Å². The predicted octanol–water partition coefficient (Wildman–Crippen LogP) is 2.89. The summed E-state index contributed by atoms with van der Waals surface area (Å²) >= 11 is 0. The van der Waals surface area contributed by atoms with Gasteiger partial charge in [-0.15, -0.1) is 0 Å². The maximum absolute atomic E-state index is 3.38. The quantitative estimate of drug-likeness (QED) is 0.608. The van der Waals surface area contributed by atoms with Crippen molar-refractivity contribution in [3.8, 4) is 0 Å². The zero-order valence-electron chi connectivity index (χ0n) is 11.3. The molecule has 0 heterocycles. The fraction of sp³-hybridized carbons (Fsp3) is 1.00. The number of rotatable bonds is 9. The van der Waals surface area contributed by atoms with Crippen LogP contribution in [-0.4, -0.2) is 38.1 Å². The van der Waals surface area contributed by atoms with Crippen molar-refractivity contribution in [2.75, 3.05) is 33.2 Å². The van der Waals surface area contributed by atoms with Crippen molar-refractivity contribution < 1.29 is 0 Å². The van der Waals surface area contributed by atoms with E-state index < -0.39 is 0 Å². The Labute approximate surface area is 102 Å². The van der Waals surface area contributed by atoms with Gasteiger partial charge in [0.2, 0.25) is 0 Å². The van der Waals surface area contributed by atoms with Gasteiger partial charge in [-0.05, 0) is 58.3 Å². The van der Waals surface area contributed by atoms with Crippen LogP contribution in [0.25, 0.3) is 0 Å². The molecule has 0 aliphatic heterocycles. The molecule has 0 amide bonds. The zero-order valence-corrected chi connectivity index (χ0v) is 11.3. The van der Waals surface area contributed by atoms with Crippen LogP contribution in [0.15, 0.2) is 0 Å². The Morgan fingerprint density at radius 1 is 1.12 bits per heavy atom. The van der Waals surface area contributed by atoms with E-state index in [1.807, 2.05) is 0 Å². The highest BCUT2D eigenvalue weighted by Crippen LogP contribution is 2.25. The largest absolute Gasteiger partial charge is 0.317 e. The van der Waals surface area contributed by atoms with E-state index in [-0.39, 0.29) is 0 Å². The van der Waals surface area contributed by atoms with E-state index in [0.29, 0.717) is 0 Å². The molecular formula is C14H30N2. The van der Waals surface area contributed by atoms with E-state index >= 15 is 0 Å². The molecule has 1 fully saturated rings. The highest BCUT2D eigenvalue weighted by molar-refractivity contribution is 4.70. The summed E-state index contributed by atoms with van der Waals surface area (Å²) in [6.07, 6.45) is 9.99. The highest BCUT2D eigenvalue weighted by Gasteiger charge is 2.16.